The first-order valence-corrected chi connectivity index (χ1v) is 7.51. The Balaban J connectivity index is 0.00000147. The zero-order valence-electron chi connectivity index (χ0n) is 12.0. The van der Waals surface area contributed by atoms with Gasteiger partial charge in [-0.15, -0.1) is 12.4 Å². The van der Waals surface area contributed by atoms with Crippen LogP contribution < -0.4 is 10.6 Å². The molecule has 20 heavy (non-hydrogen) atoms. The fourth-order valence-corrected chi connectivity index (χ4v) is 3.35. The maximum atomic E-state index is 5.70. The molecule has 2 N–H and O–H groups in total. The molecule has 2 heterocycles. The Kier molecular flexibility index (Phi) is 5.64. The first kappa shape index (κ1) is 15.5. The molecule has 0 spiro atoms. The monoisotopic (exact) mass is 296 g/mol. The van der Waals surface area contributed by atoms with E-state index in [0.717, 1.165) is 24.9 Å². The Bertz CT molecular complexity index is 412. The van der Waals surface area contributed by atoms with Crippen molar-refractivity contribution in [2.24, 2.45) is 5.73 Å². The maximum Gasteiger partial charge on any atom is 0.128 e. The van der Waals surface area contributed by atoms with E-state index in [0.29, 0.717) is 6.54 Å². The van der Waals surface area contributed by atoms with E-state index in [1.807, 2.05) is 12.3 Å². The van der Waals surface area contributed by atoms with E-state index in [4.69, 9.17) is 5.73 Å². The van der Waals surface area contributed by atoms with Crippen LogP contribution in [0.3, 0.4) is 0 Å². The van der Waals surface area contributed by atoms with Gasteiger partial charge < -0.3 is 10.6 Å². The molecule has 1 aliphatic carbocycles. The van der Waals surface area contributed by atoms with E-state index in [-0.39, 0.29) is 12.4 Å². The number of anilines is 1. The Morgan fingerprint density at radius 2 is 1.85 bits per heavy atom. The van der Waals surface area contributed by atoms with E-state index in [9.17, 15) is 0 Å². The van der Waals surface area contributed by atoms with Gasteiger partial charge in [-0.3, -0.25) is 4.90 Å². The van der Waals surface area contributed by atoms with Crippen LogP contribution in [0.5, 0.6) is 0 Å². The second-order valence-electron chi connectivity index (χ2n) is 5.69. The highest BCUT2D eigenvalue weighted by Gasteiger charge is 2.26. The highest BCUT2D eigenvalue weighted by Crippen LogP contribution is 2.25. The predicted molar refractivity (Wildman–Crippen MR) is 85.4 cm³/mol. The summed E-state index contributed by atoms with van der Waals surface area (Å²) in [6.07, 6.45) is 7.53. The van der Waals surface area contributed by atoms with Crippen molar-refractivity contribution in [3.8, 4) is 0 Å². The molecule has 0 unspecified atom stereocenters. The standard InChI is InChI=1S/C15H24N4.ClH/c16-12-13-5-6-17-15(11-13)19-9-7-18(8-10-19)14-3-1-2-4-14;/h5-6,11,14H,1-4,7-10,12,16H2;1H. The van der Waals surface area contributed by atoms with Crippen LogP contribution in [-0.2, 0) is 6.54 Å². The number of nitrogens with zero attached hydrogens (tertiary/aromatic N) is 3. The van der Waals surface area contributed by atoms with Crippen molar-refractivity contribution < 1.29 is 0 Å². The number of hydrogen-bond donors (Lipinski definition) is 1. The molecule has 3 rings (SSSR count). The number of rotatable bonds is 3. The molecule has 0 aromatic carbocycles. The quantitative estimate of drug-likeness (QED) is 0.927. The first-order chi connectivity index (χ1) is 9.36. The lowest BCUT2D eigenvalue weighted by atomic mass is 10.1. The minimum absolute atomic E-state index is 0. The zero-order valence-corrected chi connectivity index (χ0v) is 12.8. The van der Waals surface area contributed by atoms with Gasteiger partial charge in [0, 0.05) is 45.0 Å². The third-order valence-corrected chi connectivity index (χ3v) is 4.52. The molecule has 2 aliphatic rings. The van der Waals surface area contributed by atoms with Crippen molar-refractivity contribution >= 4 is 18.2 Å². The second kappa shape index (κ2) is 7.25. The summed E-state index contributed by atoms with van der Waals surface area (Å²) in [6.45, 7) is 5.14. The Morgan fingerprint density at radius 1 is 1.15 bits per heavy atom. The molecule has 1 saturated carbocycles. The third-order valence-electron chi connectivity index (χ3n) is 4.52. The van der Waals surface area contributed by atoms with Gasteiger partial charge in [-0.25, -0.2) is 4.98 Å². The van der Waals surface area contributed by atoms with Crippen molar-refractivity contribution in [3.63, 3.8) is 0 Å². The van der Waals surface area contributed by atoms with E-state index in [1.54, 1.807) is 0 Å². The zero-order chi connectivity index (χ0) is 13.1. The minimum atomic E-state index is 0. The van der Waals surface area contributed by atoms with Crippen molar-refractivity contribution in [1.82, 2.24) is 9.88 Å². The lowest BCUT2D eigenvalue weighted by Crippen LogP contribution is -2.50. The Hall–Kier alpha value is -0.840. The molecule has 4 nitrogen and oxygen atoms in total. The summed E-state index contributed by atoms with van der Waals surface area (Å²) in [6, 6.07) is 4.98. The van der Waals surface area contributed by atoms with Gasteiger partial charge in [-0.1, -0.05) is 12.8 Å². The number of aromatic nitrogens is 1. The molecule has 2 fully saturated rings. The highest BCUT2D eigenvalue weighted by molar-refractivity contribution is 5.85. The predicted octanol–water partition coefficient (Wildman–Crippen LogP) is 2.03. The van der Waals surface area contributed by atoms with Crippen LogP contribution in [0.25, 0.3) is 0 Å². The van der Waals surface area contributed by atoms with Gasteiger partial charge in [0.25, 0.3) is 0 Å². The lowest BCUT2D eigenvalue weighted by molar-refractivity contribution is 0.187. The second-order valence-corrected chi connectivity index (χ2v) is 5.69. The van der Waals surface area contributed by atoms with Crippen molar-refractivity contribution in [3.05, 3.63) is 23.9 Å². The topological polar surface area (TPSA) is 45.4 Å². The molecule has 1 aliphatic heterocycles. The largest absolute Gasteiger partial charge is 0.354 e. The molecule has 0 bridgehead atoms. The van der Waals surface area contributed by atoms with Crippen LogP contribution in [0.15, 0.2) is 18.3 Å². The molecule has 0 amide bonds. The lowest BCUT2D eigenvalue weighted by Gasteiger charge is -2.38. The molecule has 112 valence electrons. The van der Waals surface area contributed by atoms with Crippen LogP contribution in [0.1, 0.15) is 31.2 Å². The van der Waals surface area contributed by atoms with Crippen molar-refractivity contribution in [2.45, 2.75) is 38.3 Å². The van der Waals surface area contributed by atoms with Crippen LogP contribution in [0, 0.1) is 0 Å². The molecule has 1 aromatic heterocycles. The number of pyridine rings is 1. The number of halogens is 1. The van der Waals surface area contributed by atoms with E-state index in [1.165, 1.54) is 44.3 Å². The van der Waals surface area contributed by atoms with Crippen LogP contribution >= 0.6 is 12.4 Å². The molecule has 0 atom stereocenters. The maximum absolute atomic E-state index is 5.70. The van der Waals surface area contributed by atoms with E-state index in [2.05, 4.69) is 20.9 Å². The highest BCUT2D eigenvalue weighted by atomic mass is 35.5. The van der Waals surface area contributed by atoms with Gasteiger partial charge in [-0.05, 0) is 30.5 Å². The Labute approximate surface area is 127 Å². The van der Waals surface area contributed by atoms with Crippen molar-refractivity contribution in [2.75, 3.05) is 31.1 Å². The van der Waals surface area contributed by atoms with Gasteiger partial charge in [0.2, 0.25) is 0 Å². The van der Waals surface area contributed by atoms with Crippen LogP contribution in [-0.4, -0.2) is 42.1 Å². The summed E-state index contributed by atoms with van der Waals surface area (Å²) in [5.74, 6) is 1.09. The number of piperazine rings is 1. The summed E-state index contributed by atoms with van der Waals surface area (Å²) >= 11 is 0. The normalized spacial score (nSPS) is 20.9. The molecule has 1 saturated heterocycles. The molecular weight excluding hydrogens is 272 g/mol. The fourth-order valence-electron chi connectivity index (χ4n) is 3.35. The van der Waals surface area contributed by atoms with Gasteiger partial charge in [0.05, 0.1) is 0 Å². The molecule has 5 heteroatoms. The SMILES string of the molecule is Cl.NCc1ccnc(N2CCN(C3CCCC3)CC2)c1. The van der Waals surface area contributed by atoms with Gasteiger partial charge in [0.15, 0.2) is 0 Å². The third kappa shape index (κ3) is 3.43. The fraction of sp³-hybridized carbons (Fsp3) is 0.667. The average Bonchev–Trinajstić information content (AvgIpc) is 3.02. The summed E-state index contributed by atoms with van der Waals surface area (Å²) in [4.78, 5) is 9.56. The number of hydrogen-bond acceptors (Lipinski definition) is 4. The summed E-state index contributed by atoms with van der Waals surface area (Å²) in [5, 5.41) is 0. The average molecular weight is 297 g/mol. The van der Waals surface area contributed by atoms with Crippen LogP contribution in [0.4, 0.5) is 5.82 Å². The van der Waals surface area contributed by atoms with Crippen LogP contribution in [0.2, 0.25) is 0 Å². The first-order valence-electron chi connectivity index (χ1n) is 7.51. The van der Waals surface area contributed by atoms with E-state index < -0.39 is 0 Å². The summed E-state index contributed by atoms with van der Waals surface area (Å²) < 4.78 is 0. The Morgan fingerprint density at radius 3 is 2.50 bits per heavy atom. The molecule has 1 aromatic rings. The summed E-state index contributed by atoms with van der Waals surface area (Å²) in [5.41, 5.74) is 6.87. The molecule has 0 radical (unpaired) electrons. The van der Waals surface area contributed by atoms with Gasteiger partial charge in [-0.2, -0.15) is 0 Å². The minimum Gasteiger partial charge on any atom is -0.354 e. The van der Waals surface area contributed by atoms with Gasteiger partial charge >= 0.3 is 0 Å². The summed E-state index contributed by atoms with van der Waals surface area (Å²) in [7, 11) is 0. The number of nitrogens with two attached hydrogens (primary N) is 1. The van der Waals surface area contributed by atoms with Gasteiger partial charge in [0.1, 0.15) is 5.82 Å². The van der Waals surface area contributed by atoms with Crippen molar-refractivity contribution in [1.29, 1.82) is 0 Å². The van der Waals surface area contributed by atoms with E-state index >= 15 is 0 Å². The smallest absolute Gasteiger partial charge is 0.128 e. The molecular formula is C15H25ClN4.